The Kier molecular flexibility index (Phi) is 4.27. The van der Waals surface area contributed by atoms with Gasteiger partial charge in [0.15, 0.2) is 0 Å². The first-order chi connectivity index (χ1) is 8.59. The van der Waals surface area contributed by atoms with Gasteiger partial charge in [-0.05, 0) is 12.8 Å². The minimum atomic E-state index is -2.50. The van der Waals surface area contributed by atoms with Gasteiger partial charge in [0.1, 0.15) is 0 Å². The van der Waals surface area contributed by atoms with Crippen molar-refractivity contribution in [1.29, 1.82) is 0 Å². The average Bonchev–Trinajstić information content (AvgIpc) is 2.63. The number of rotatable bonds is 4. The second kappa shape index (κ2) is 5.73. The summed E-state index contributed by atoms with van der Waals surface area (Å²) in [5.41, 5.74) is 0. The van der Waals surface area contributed by atoms with Gasteiger partial charge in [0, 0.05) is 6.04 Å². The van der Waals surface area contributed by atoms with E-state index >= 15 is 0 Å². The molecule has 1 N–H and O–H groups in total. The molecule has 1 saturated carbocycles. The molecular formula is C12H18F2N2O2. The molecule has 1 aliphatic heterocycles. The Hall–Kier alpha value is -1.04. The van der Waals surface area contributed by atoms with Crippen molar-refractivity contribution in [3.05, 3.63) is 0 Å². The van der Waals surface area contributed by atoms with Crippen LogP contribution in [-0.4, -0.2) is 41.8 Å². The summed E-state index contributed by atoms with van der Waals surface area (Å²) in [7, 11) is 0. The molecule has 6 heteroatoms. The summed E-state index contributed by atoms with van der Waals surface area (Å²) < 4.78 is 24.2. The largest absolute Gasteiger partial charge is 0.300 e. The average molecular weight is 260 g/mol. The van der Waals surface area contributed by atoms with E-state index in [0.717, 1.165) is 32.1 Å². The fourth-order valence-corrected chi connectivity index (χ4v) is 2.76. The maximum atomic E-state index is 12.1. The van der Waals surface area contributed by atoms with Gasteiger partial charge in [-0.3, -0.25) is 19.8 Å². The van der Waals surface area contributed by atoms with Gasteiger partial charge in [-0.25, -0.2) is 8.78 Å². The number of likely N-dealkylation sites (tertiary alicyclic amines) is 1. The lowest BCUT2D eigenvalue weighted by molar-refractivity contribution is -0.142. The maximum Gasteiger partial charge on any atom is 0.250 e. The number of imide groups is 1. The maximum absolute atomic E-state index is 12.1. The van der Waals surface area contributed by atoms with E-state index in [9.17, 15) is 18.4 Å². The van der Waals surface area contributed by atoms with E-state index < -0.39 is 19.0 Å². The first-order valence-electron chi connectivity index (χ1n) is 6.47. The van der Waals surface area contributed by atoms with Gasteiger partial charge in [0.25, 0.3) is 6.43 Å². The molecule has 0 bridgehead atoms. The van der Waals surface area contributed by atoms with Crippen LogP contribution < -0.4 is 5.32 Å². The quantitative estimate of drug-likeness (QED) is 0.775. The zero-order chi connectivity index (χ0) is 13.1. The summed E-state index contributed by atoms with van der Waals surface area (Å²) >= 11 is 0. The number of carbonyl (C=O) groups is 2. The summed E-state index contributed by atoms with van der Waals surface area (Å²) in [5, 5.41) is 2.47. The minimum Gasteiger partial charge on any atom is -0.300 e. The van der Waals surface area contributed by atoms with Crippen molar-refractivity contribution in [2.45, 2.75) is 57.0 Å². The van der Waals surface area contributed by atoms with Crippen LogP contribution in [0.25, 0.3) is 0 Å². The third-order valence-corrected chi connectivity index (χ3v) is 3.64. The zero-order valence-electron chi connectivity index (χ0n) is 10.2. The number of nitrogens with zero attached hydrogens (tertiary/aromatic N) is 1. The van der Waals surface area contributed by atoms with E-state index in [1.165, 1.54) is 4.90 Å². The topological polar surface area (TPSA) is 49.4 Å². The molecule has 0 aromatic carbocycles. The summed E-state index contributed by atoms with van der Waals surface area (Å²) in [6, 6.07) is -0.773. The SMILES string of the molecule is O=C1CC(NCC(F)F)C(=O)N1C1CCCCC1. The zero-order valence-corrected chi connectivity index (χ0v) is 10.2. The van der Waals surface area contributed by atoms with Gasteiger partial charge in [-0.15, -0.1) is 0 Å². The van der Waals surface area contributed by atoms with Crippen LogP contribution in [0.5, 0.6) is 0 Å². The van der Waals surface area contributed by atoms with Crippen molar-refractivity contribution in [2.75, 3.05) is 6.54 Å². The number of halogens is 2. The standard InChI is InChI=1S/C12H18F2N2O2/c13-10(14)7-15-9-6-11(17)16(12(9)18)8-4-2-1-3-5-8/h8-10,15H,1-7H2. The van der Waals surface area contributed by atoms with E-state index in [4.69, 9.17) is 0 Å². The molecule has 2 fully saturated rings. The fraction of sp³-hybridized carbons (Fsp3) is 0.833. The summed E-state index contributed by atoms with van der Waals surface area (Å²) in [6.45, 7) is -0.539. The number of hydrogen-bond donors (Lipinski definition) is 1. The Morgan fingerprint density at radius 2 is 1.89 bits per heavy atom. The summed E-state index contributed by atoms with van der Waals surface area (Å²) in [5.74, 6) is -0.550. The lowest BCUT2D eigenvalue weighted by atomic mass is 9.94. The number of carbonyl (C=O) groups excluding carboxylic acids is 2. The molecule has 0 spiro atoms. The van der Waals surface area contributed by atoms with E-state index in [2.05, 4.69) is 5.32 Å². The van der Waals surface area contributed by atoms with Crippen LogP contribution in [0.4, 0.5) is 8.78 Å². The second-order valence-electron chi connectivity index (χ2n) is 4.95. The van der Waals surface area contributed by atoms with Crippen LogP contribution in [0.3, 0.4) is 0 Å². The second-order valence-corrected chi connectivity index (χ2v) is 4.95. The Labute approximate surface area is 105 Å². The molecule has 2 rings (SSSR count). The molecule has 102 valence electrons. The number of alkyl halides is 2. The van der Waals surface area contributed by atoms with Crippen LogP contribution in [-0.2, 0) is 9.59 Å². The molecule has 1 unspecified atom stereocenters. The van der Waals surface area contributed by atoms with Crippen LogP contribution in [0, 0.1) is 0 Å². The van der Waals surface area contributed by atoms with Gasteiger partial charge in [-0.1, -0.05) is 19.3 Å². The molecule has 4 nitrogen and oxygen atoms in total. The van der Waals surface area contributed by atoms with Gasteiger partial charge in [0.05, 0.1) is 19.0 Å². The Bertz CT molecular complexity index is 330. The van der Waals surface area contributed by atoms with Crippen LogP contribution >= 0.6 is 0 Å². The van der Waals surface area contributed by atoms with E-state index in [0.29, 0.717) is 0 Å². The highest BCUT2D eigenvalue weighted by Crippen LogP contribution is 2.27. The first kappa shape index (κ1) is 13.4. The molecular weight excluding hydrogens is 242 g/mol. The van der Waals surface area contributed by atoms with Crippen molar-refractivity contribution in [3.63, 3.8) is 0 Å². The highest BCUT2D eigenvalue weighted by Gasteiger charge is 2.42. The number of amides is 2. The fourth-order valence-electron chi connectivity index (χ4n) is 2.76. The molecule has 18 heavy (non-hydrogen) atoms. The van der Waals surface area contributed by atoms with Crippen LogP contribution in [0.2, 0.25) is 0 Å². The van der Waals surface area contributed by atoms with Crippen LogP contribution in [0.15, 0.2) is 0 Å². The van der Waals surface area contributed by atoms with Crippen molar-refractivity contribution in [1.82, 2.24) is 10.2 Å². The van der Waals surface area contributed by atoms with Crippen molar-refractivity contribution < 1.29 is 18.4 Å². The monoisotopic (exact) mass is 260 g/mol. The van der Waals surface area contributed by atoms with E-state index in [1.807, 2.05) is 0 Å². The third-order valence-electron chi connectivity index (χ3n) is 3.64. The molecule has 0 aromatic heterocycles. The van der Waals surface area contributed by atoms with Crippen molar-refractivity contribution >= 4 is 11.8 Å². The Balaban J connectivity index is 1.95. The Morgan fingerprint density at radius 3 is 2.50 bits per heavy atom. The van der Waals surface area contributed by atoms with Crippen LogP contribution in [0.1, 0.15) is 38.5 Å². The molecule has 1 saturated heterocycles. The van der Waals surface area contributed by atoms with Crippen molar-refractivity contribution in [3.8, 4) is 0 Å². The predicted octanol–water partition coefficient (Wildman–Crippen LogP) is 1.30. The third kappa shape index (κ3) is 2.85. The normalized spacial score (nSPS) is 26.4. The molecule has 2 amide bonds. The first-order valence-corrected chi connectivity index (χ1v) is 6.47. The predicted molar refractivity (Wildman–Crippen MR) is 61.1 cm³/mol. The van der Waals surface area contributed by atoms with Gasteiger partial charge >= 0.3 is 0 Å². The molecule has 1 atom stereocenters. The highest BCUT2D eigenvalue weighted by atomic mass is 19.3. The smallest absolute Gasteiger partial charge is 0.250 e. The highest BCUT2D eigenvalue weighted by molar-refractivity contribution is 6.05. The molecule has 0 aromatic rings. The lowest BCUT2D eigenvalue weighted by Gasteiger charge is -2.29. The number of hydrogen-bond acceptors (Lipinski definition) is 3. The van der Waals surface area contributed by atoms with Gasteiger partial charge in [0.2, 0.25) is 11.8 Å². The van der Waals surface area contributed by atoms with Crippen molar-refractivity contribution in [2.24, 2.45) is 0 Å². The Morgan fingerprint density at radius 1 is 1.22 bits per heavy atom. The molecule has 0 radical (unpaired) electrons. The molecule has 1 aliphatic carbocycles. The molecule has 2 aliphatic rings. The number of nitrogens with one attached hydrogen (secondary N) is 1. The molecule has 1 heterocycles. The van der Waals surface area contributed by atoms with E-state index in [1.54, 1.807) is 0 Å². The van der Waals surface area contributed by atoms with E-state index in [-0.39, 0.29) is 24.3 Å². The summed E-state index contributed by atoms with van der Waals surface area (Å²) in [4.78, 5) is 25.1. The summed E-state index contributed by atoms with van der Waals surface area (Å²) in [6.07, 6.45) is 2.39. The van der Waals surface area contributed by atoms with Gasteiger partial charge in [-0.2, -0.15) is 0 Å². The van der Waals surface area contributed by atoms with Gasteiger partial charge < -0.3 is 0 Å². The minimum absolute atomic E-state index is 0.0159. The lowest BCUT2D eigenvalue weighted by Crippen LogP contribution is -2.45.